The fourth-order valence-electron chi connectivity index (χ4n) is 2.10. The third-order valence-electron chi connectivity index (χ3n) is 3.08. The van der Waals surface area contributed by atoms with Crippen LogP contribution in [-0.2, 0) is 6.54 Å². The molecule has 1 aliphatic rings. The number of rotatable bonds is 3. The number of likely N-dealkylation sites (tertiary alicyclic amines) is 1. The van der Waals surface area contributed by atoms with Crippen LogP contribution in [0.2, 0.25) is 0 Å². The highest BCUT2D eigenvalue weighted by molar-refractivity contribution is 7.09. The molecule has 5 heteroatoms. The Labute approximate surface area is 107 Å². The highest BCUT2D eigenvalue weighted by Crippen LogP contribution is 2.21. The number of nitrogens with zero attached hydrogens (tertiary/aromatic N) is 2. The van der Waals surface area contributed by atoms with E-state index >= 15 is 0 Å². The second kappa shape index (κ2) is 5.96. The van der Waals surface area contributed by atoms with E-state index in [2.05, 4.69) is 29.1 Å². The van der Waals surface area contributed by atoms with Gasteiger partial charge in [0.25, 0.3) is 0 Å². The van der Waals surface area contributed by atoms with Crippen LogP contribution in [0.25, 0.3) is 0 Å². The van der Waals surface area contributed by atoms with Crippen molar-refractivity contribution in [3.63, 3.8) is 0 Å². The van der Waals surface area contributed by atoms with Gasteiger partial charge in [-0.2, -0.15) is 0 Å². The summed E-state index contributed by atoms with van der Waals surface area (Å²) in [5.41, 5.74) is 7.05. The molecule has 1 aromatic heterocycles. The second-order valence-electron chi connectivity index (χ2n) is 4.53. The molecule has 0 aromatic carbocycles. The third kappa shape index (κ3) is 3.42. The van der Waals surface area contributed by atoms with Crippen molar-refractivity contribution in [2.45, 2.75) is 32.9 Å². The van der Waals surface area contributed by atoms with Crippen LogP contribution in [0.1, 0.15) is 24.0 Å². The van der Waals surface area contributed by atoms with Gasteiger partial charge in [-0.1, -0.05) is 0 Å². The summed E-state index contributed by atoms with van der Waals surface area (Å²) >= 11 is 1.76. The van der Waals surface area contributed by atoms with Crippen molar-refractivity contribution >= 4 is 23.7 Å². The summed E-state index contributed by atoms with van der Waals surface area (Å²) in [5, 5.41) is 3.35. The molecule has 0 spiro atoms. The molecule has 2 unspecified atom stereocenters. The molecule has 0 aliphatic carbocycles. The summed E-state index contributed by atoms with van der Waals surface area (Å²) in [5.74, 6) is 0.672. The van der Waals surface area contributed by atoms with Crippen molar-refractivity contribution in [1.82, 2.24) is 9.88 Å². The van der Waals surface area contributed by atoms with E-state index in [1.807, 2.05) is 0 Å². The van der Waals surface area contributed by atoms with Crippen LogP contribution in [0.5, 0.6) is 0 Å². The molecule has 2 atom stereocenters. The SMILES string of the molecule is Cc1csc(CN2CCC(C(C)N)C2)n1.Cl. The predicted molar refractivity (Wildman–Crippen MR) is 71.1 cm³/mol. The molecule has 1 aliphatic heterocycles. The summed E-state index contributed by atoms with van der Waals surface area (Å²) < 4.78 is 0. The molecule has 0 bridgehead atoms. The normalized spacial score (nSPS) is 23.1. The minimum Gasteiger partial charge on any atom is -0.328 e. The van der Waals surface area contributed by atoms with Crippen molar-refractivity contribution in [3.8, 4) is 0 Å². The van der Waals surface area contributed by atoms with E-state index in [0.29, 0.717) is 12.0 Å². The van der Waals surface area contributed by atoms with Crippen molar-refractivity contribution < 1.29 is 0 Å². The summed E-state index contributed by atoms with van der Waals surface area (Å²) in [4.78, 5) is 6.95. The molecule has 0 saturated carbocycles. The van der Waals surface area contributed by atoms with Gasteiger partial charge < -0.3 is 5.73 Å². The average molecular weight is 262 g/mol. The maximum Gasteiger partial charge on any atom is 0.107 e. The number of hydrogen-bond acceptors (Lipinski definition) is 4. The minimum absolute atomic E-state index is 0. The molecular formula is C11H20ClN3S. The zero-order valence-electron chi connectivity index (χ0n) is 9.85. The zero-order chi connectivity index (χ0) is 10.8. The fraction of sp³-hybridized carbons (Fsp3) is 0.727. The van der Waals surface area contributed by atoms with E-state index in [4.69, 9.17) is 5.73 Å². The second-order valence-corrected chi connectivity index (χ2v) is 5.47. The Kier molecular flexibility index (Phi) is 5.18. The lowest BCUT2D eigenvalue weighted by atomic mass is 10.0. The predicted octanol–water partition coefficient (Wildman–Crippen LogP) is 2.04. The van der Waals surface area contributed by atoms with Crippen molar-refractivity contribution in [1.29, 1.82) is 0 Å². The standard InChI is InChI=1S/C11H19N3S.ClH/c1-8-7-15-11(13-8)6-14-4-3-10(5-14)9(2)12;/h7,9-10H,3-6,12H2,1-2H3;1H. The van der Waals surface area contributed by atoms with Crippen LogP contribution in [0.15, 0.2) is 5.38 Å². The summed E-state index contributed by atoms with van der Waals surface area (Å²) in [6, 6.07) is 0.327. The number of aromatic nitrogens is 1. The lowest BCUT2D eigenvalue weighted by Crippen LogP contribution is -2.29. The average Bonchev–Trinajstić information content (AvgIpc) is 2.76. The van der Waals surface area contributed by atoms with Gasteiger partial charge in [-0.3, -0.25) is 4.90 Å². The Bertz CT molecular complexity index is 327. The smallest absolute Gasteiger partial charge is 0.107 e. The molecule has 1 saturated heterocycles. The van der Waals surface area contributed by atoms with Gasteiger partial charge in [0, 0.05) is 23.7 Å². The van der Waals surface area contributed by atoms with E-state index in [1.165, 1.54) is 18.0 Å². The van der Waals surface area contributed by atoms with Crippen molar-refractivity contribution in [2.75, 3.05) is 13.1 Å². The minimum atomic E-state index is 0. The molecule has 2 heterocycles. The zero-order valence-corrected chi connectivity index (χ0v) is 11.5. The molecule has 0 amide bonds. The highest BCUT2D eigenvalue weighted by atomic mass is 35.5. The molecule has 0 radical (unpaired) electrons. The van der Waals surface area contributed by atoms with Gasteiger partial charge in [-0.15, -0.1) is 23.7 Å². The van der Waals surface area contributed by atoms with Crippen LogP contribution < -0.4 is 5.73 Å². The van der Waals surface area contributed by atoms with Crippen LogP contribution in [0.4, 0.5) is 0 Å². The summed E-state index contributed by atoms with van der Waals surface area (Å²) in [6.07, 6.45) is 1.24. The summed E-state index contributed by atoms with van der Waals surface area (Å²) in [7, 11) is 0. The fourth-order valence-corrected chi connectivity index (χ4v) is 2.92. The van der Waals surface area contributed by atoms with Gasteiger partial charge in [0.05, 0.1) is 6.54 Å². The van der Waals surface area contributed by atoms with Crippen molar-refractivity contribution in [2.24, 2.45) is 11.7 Å². The van der Waals surface area contributed by atoms with E-state index < -0.39 is 0 Å². The monoisotopic (exact) mass is 261 g/mol. The molecule has 2 rings (SSSR count). The van der Waals surface area contributed by atoms with Crippen LogP contribution in [-0.4, -0.2) is 29.0 Å². The lowest BCUT2D eigenvalue weighted by Gasteiger charge is -2.16. The first-order valence-corrected chi connectivity index (χ1v) is 6.42. The lowest BCUT2D eigenvalue weighted by molar-refractivity contribution is 0.308. The van der Waals surface area contributed by atoms with E-state index in [0.717, 1.165) is 18.8 Å². The number of nitrogens with two attached hydrogens (primary N) is 1. The van der Waals surface area contributed by atoms with Crippen LogP contribution in [0.3, 0.4) is 0 Å². The van der Waals surface area contributed by atoms with Gasteiger partial charge in [-0.25, -0.2) is 4.98 Å². The van der Waals surface area contributed by atoms with E-state index in [9.17, 15) is 0 Å². The van der Waals surface area contributed by atoms with Crippen molar-refractivity contribution in [3.05, 3.63) is 16.1 Å². The van der Waals surface area contributed by atoms with Crippen LogP contribution >= 0.6 is 23.7 Å². The Hall–Kier alpha value is -0.160. The third-order valence-corrected chi connectivity index (χ3v) is 4.03. The maximum absolute atomic E-state index is 5.92. The topological polar surface area (TPSA) is 42.1 Å². The van der Waals surface area contributed by atoms with E-state index in [-0.39, 0.29) is 12.4 Å². The van der Waals surface area contributed by atoms with Crippen LogP contribution in [0, 0.1) is 12.8 Å². The molecule has 1 fully saturated rings. The quantitative estimate of drug-likeness (QED) is 0.906. The first-order valence-electron chi connectivity index (χ1n) is 5.54. The van der Waals surface area contributed by atoms with Gasteiger partial charge in [0.15, 0.2) is 0 Å². The Morgan fingerprint density at radius 2 is 2.44 bits per heavy atom. The maximum atomic E-state index is 5.92. The molecule has 16 heavy (non-hydrogen) atoms. The molecule has 2 N–H and O–H groups in total. The number of hydrogen-bond donors (Lipinski definition) is 1. The van der Waals surface area contributed by atoms with Gasteiger partial charge in [-0.05, 0) is 32.7 Å². The Morgan fingerprint density at radius 1 is 1.69 bits per heavy atom. The molecule has 92 valence electrons. The first kappa shape index (κ1) is 13.9. The van der Waals surface area contributed by atoms with Gasteiger partial charge >= 0.3 is 0 Å². The number of halogens is 1. The van der Waals surface area contributed by atoms with Gasteiger partial charge in [0.1, 0.15) is 5.01 Å². The number of thiazole rings is 1. The molecular weight excluding hydrogens is 242 g/mol. The highest BCUT2D eigenvalue weighted by Gasteiger charge is 2.25. The number of aryl methyl sites for hydroxylation is 1. The van der Waals surface area contributed by atoms with E-state index in [1.54, 1.807) is 11.3 Å². The van der Waals surface area contributed by atoms with Gasteiger partial charge in [0.2, 0.25) is 0 Å². The largest absolute Gasteiger partial charge is 0.328 e. The Balaban J connectivity index is 0.00000128. The Morgan fingerprint density at radius 3 is 2.94 bits per heavy atom. The molecule has 3 nitrogen and oxygen atoms in total. The summed E-state index contributed by atoms with van der Waals surface area (Å²) in [6.45, 7) is 7.47. The molecule has 1 aromatic rings. The first-order chi connectivity index (χ1) is 7.15.